The molecule has 0 bridgehead atoms. The minimum absolute atomic E-state index is 0.0161. The highest BCUT2D eigenvalue weighted by atomic mass is 35.5. The van der Waals surface area contributed by atoms with Crippen molar-refractivity contribution in [3.63, 3.8) is 0 Å². The van der Waals surface area contributed by atoms with Crippen LogP contribution in [0.1, 0.15) is 21.7 Å². The second-order valence-electron chi connectivity index (χ2n) is 6.33. The van der Waals surface area contributed by atoms with Crippen molar-refractivity contribution in [3.05, 3.63) is 63.4 Å². The Balaban J connectivity index is 1.92. The Labute approximate surface area is 189 Å². The van der Waals surface area contributed by atoms with E-state index in [1.54, 1.807) is 0 Å². The summed E-state index contributed by atoms with van der Waals surface area (Å²) < 4.78 is 71.6. The largest absolute Gasteiger partial charge is 0.497 e. The topological polar surface area (TPSA) is 103 Å². The van der Waals surface area contributed by atoms with Gasteiger partial charge in [0.15, 0.2) is 5.69 Å². The molecule has 1 heterocycles. The van der Waals surface area contributed by atoms with Gasteiger partial charge in [0.1, 0.15) is 10.6 Å². The van der Waals surface area contributed by atoms with Crippen molar-refractivity contribution in [1.29, 1.82) is 0 Å². The maximum Gasteiger partial charge on any atom is 0.416 e. The molecule has 0 atom stereocenters. The van der Waals surface area contributed by atoms with E-state index in [2.05, 4.69) is 10.3 Å². The zero-order valence-corrected chi connectivity index (χ0v) is 18.6. The monoisotopic (exact) mass is 508 g/mol. The number of aromatic nitrogens is 3. The van der Waals surface area contributed by atoms with Crippen molar-refractivity contribution in [3.8, 4) is 11.4 Å². The lowest BCUT2D eigenvalue weighted by molar-refractivity contribution is -0.137. The van der Waals surface area contributed by atoms with Gasteiger partial charge in [0, 0.05) is 6.07 Å². The molecule has 32 heavy (non-hydrogen) atoms. The predicted octanol–water partition coefficient (Wildman–Crippen LogP) is 4.03. The molecule has 0 saturated carbocycles. The summed E-state index contributed by atoms with van der Waals surface area (Å²) in [7, 11) is -3.09. The van der Waals surface area contributed by atoms with Gasteiger partial charge < -0.3 is 4.74 Å². The fourth-order valence-corrected chi connectivity index (χ4v) is 4.39. The first-order valence-corrected chi connectivity index (χ1v) is 10.8. The van der Waals surface area contributed by atoms with Gasteiger partial charge in [-0.1, -0.05) is 28.4 Å². The molecule has 2 aromatic carbocycles. The van der Waals surface area contributed by atoms with Gasteiger partial charge in [0.05, 0.1) is 34.1 Å². The van der Waals surface area contributed by atoms with Crippen LogP contribution in [0.25, 0.3) is 5.69 Å². The van der Waals surface area contributed by atoms with Crippen molar-refractivity contribution in [1.82, 2.24) is 19.7 Å². The van der Waals surface area contributed by atoms with E-state index in [0.717, 1.165) is 22.9 Å². The van der Waals surface area contributed by atoms with Crippen molar-refractivity contribution in [2.24, 2.45) is 0 Å². The van der Waals surface area contributed by atoms with Gasteiger partial charge in [-0.15, -0.1) is 5.10 Å². The molecular weight excluding hydrogens is 496 g/mol. The number of nitrogens with one attached hydrogen (secondary N) is 1. The molecule has 1 N–H and O–H groups in total. The molecule has 0 fully saturated rings. The minimum atomic E-state index is -4.60. The molecule has 3 rings (SSSR count). The number of carbonyl (C=O) groups is 1. The number of sulfonamides is 1. The van der Waals surface area contributed by atoms with Gasteiger partial charge in [-0.3, -0.25) is 4.79 Å². The first kappa shape index (κ1) is 23.8. The number of nitrogens with zero attached hydrogens (tertiary/aromatic N) is 3. The summed E-state index contributed by atoms with van der Waals surface area (Å²) in [5.41, 5.74) is -1.30. The fraction of sp³-hybridized carbons (Fsp3) is 0.167. The van der Waals surface area contributed by atoms with Crippen LogP contribution < -0.4 is 9.46 Å². The summed E-state index contributed by atoms with van der Waals surface area (Å²) in [5, 5.41) is 6.90. The average Bonchev–Trinajstić information content (AvgIpc) is 3.08. The van der Waals surface area contributed by atoms with Crippen LogP contribution in [0, 0.1) is 6.92 Å². The normalized spacial score (nSPS) is 12.0. The van der Waals surface area contributed by atoms with Crippen molar-refractivity contribution >= 4 is 39.1 Å². The van der Waals surface area contributed by atoms with Gasteiger partial charge in [-0.25, -0.2) is 17.8 Å². The summed E-state index contributed by atoms with van der Waals surface area (Å²) in [6, 6.07) is 6.40. The van der Waals surface area contributed by atoms with Crippen LogP contribution >= 0.6 is 23.2 Å². The average molecular weight is 509 g/mol. The van der Waals surface area contributed by atoms with Crippen LogP contribution in [0.3, 0.4) is 0 Å². The molecule has 0 radical (unpaired) electrons. The SMILES string of the molecule is COc1ccc(Cl)c(S(=O)(=O)NC(=O)c2nnn(-c3ccc(C(F)(F)F)cc3Cl)c2C)c1. The van der Waals surface area contributed by atoms with Crippen LogP contribution in [0.5, 0.6) is 5.75 Å². The number of ether oxygens (including phenoxy) is 1. The molecule has 170 valence electrons. The van der Waals surface area contributed by atoms with Crippen molar-refractivity contribution in [2.75, 3.05) is 7.11 Å². The third-order valence-electron chi connectivity index (χ3n) is 4.27. The summed E-state index contributed by atoms with van der Waals surface area (Å²) in [5.74, 6) is -0.933. The van der Waals surface area contributed by atoms with E-state index in [4.69, 9.17) is 27.9 Å². The smallest absolute Gasteiger partial charge is 0.416 e. The standard InChI is InChI=1S/C18H13Cl2F3N4O4S/c1-9-16(17(28)25-32(29,30)15-8-11(31-2)4-5-12(15)19)24-26-27(9)14-6-3-10(7-13(14)20)18(21,22)23/h3-8H,1-2H3,(H,25,28). The van der Waals surface area contributed by atoms with Gasteiger partial charge in [0.2, 0.25) is 0 Å². The quantitative estimate of drug-likeness (QED) is 0.558. The maximum atomic E-state index is 12.8. The number of carbonyl (C=O) groups excluding carboxylic acids is 1. The molecule has 14 heteroatoms. The van der Waals surface area contributed by atoms with Crippen LogP contribution in [-0.2, 0) is 16.2 Å². The second-order valence-corrected chi connectivity index (χ2v) is 8.80. The van der Waals surface area contributed by atoms with Gasteiger partial charge in [-0.05, 0) is 37.3 Å². The molecule has 1 amide bonds. The number of alkyl halides is 3. The number of rotatable bonds is 5. The van der Waals surface area contributed by atoms with Gasteiger partial charge in [0.25, 0.3) is 15.9 Å². The maximum absolute atomic E-state index is 12.8. The predicted molar refractivity (Wildman–Crippen MR) is 109 cm³/mol. The summed E-state index contributed by atoms with van der Waals surface area (Å²) >= 11 is 11.9. The first-order chi connectivity index (χ1) is 14.8. The third kappa shape index (κ3) is 4.66. The molecule has 0 saturated heterocycles. The number of amides is 1. The van der Waals surface area contributed by atoms with Crippen LogP contribution in [-0.4, -0.2) is 36.4 Å². The van der Waals surface area contributed by atoms with E-state index in [0.29, 0.717) is 6.07 Å². The Bertz CT molecular complexity index is 1310. The number of benzene rings is 2. The Morgan fingerprint density at radius 3 is 2.41 bits per heavy atom. The van der Waals surface area contributed by atoms with Crippen molar-refractivity contribution < 1.29 is 31.1 Å². The zero-order valence-electron chi connectivity index (χ0n) is 16.2. The van der Waals surface area contributed by atoms with E-state index < -0.39 is 32.6 Å². The highest BCUT2D eigenvalue weighted by Crippen LogP contribution is 2.33. The second kappa shape index (κ2) is 8.60. The summed E-state index contributed by atoms with van der Waals surface area (Å²) in [6.07, 6.45) is -4.60. The van der Waals surface area contributed by atoms with Crippen molar-refractivity contribution in [2.45, 2.75) is 18.0 Å². The van der Waals surface area contributed by atoms with Crippen LogP contribution in [0.4, 0.5) is 13.2 Å². The molecule has 0 aliphatic heterocycles. The highest BCUT2D eigenvalue weighted by Gasteiger charge is 2.31. The summed E-state index contributed by atoms with van der Waals surface area (Å²) in [4.78, 5) is 12.2. The minimum Gasteiger partial charge on any atom is -0.497 e. The lowest BCUT2D eigenvalue weighted by Gasteiger charge is -2.11. The Morgan fingerprint density at radius 2 is 1.81 bits per heavy atom. The Morgan fingerprint density at radius 1 is 1.12 bits per heavy atom. The molecule has 1 aromatic heterocycles. The molecule has 3 aromatic rings. The first-order valence-electron chi connectivity index (χ1n) is 8.55. The van der Waals surface area contributed by atoms with Crippen LogP contribution in [0.15, 0.2) is 41.3 Å². The van der Waals surface area contributed by atoms with Gasteiger partial charge >= 0.3 is 6.18 Å². The molecule has 0 aliphatic rings. The molecular formula is C18H13Cl2F3N4O4S. The fourth-order valence-electron chi connectivity index (χ4n) is 2.66. The van der Waals surface area contributed by atoms with Crippen LogP contribution in [0.2, 0.25) is 10.0 Å². The number of halogens is 5. The lowest BCUT2D eigenvalue weighted by Crippen LogP contribution is -2.31. The molecule has 0 unspecified atom stereocenters. The number of hydrogen-bond acceptors (Lipinski definition) is 6. The zero-order chi connectivity index (χ0) is 23.8. The molecule has 0 spiro atoms. The van der Waals surface area contributed by atoms with E-state index in [1.165, 1.54) is 26.2 Å². The van der Waals surface area contributed by atoms with E-state index in [9.17, 15) is 26.4 Å². The Kier molecular flexibility index (Phi) is 6.40. The van der Waals surface area contributed by atoms with E-state index in [1.807, 2.05) is 4.72 Å². The third-order valence-corrected chi connectivity index (χ3v) is 6.38. The molecule has 8 nitrogen and oxygen atoms in total. The van der Waals surface area contributed by atoms with Gasteiger partial charge in [-0.2, -0.15) is 13.2 Å². The highest BCUT2D eigenvalue weighted by molar-refractivity contribution is 7.90. The number of hydrogen-bond donors (Lipinski definition) is 1. The lowest BCUT2D eigenvalue weighted by atomic mass is 10.2. The molecule has 0 aliphatic carbocycles. The number of methoxy groups -OCH3 is 1. The van der Waals surface area contributed by atoms with E-state index >= 15 is 0 Å². The summed E-state index contributed by atoms with van der Waals surface area (Å²) in [6.45, 7) is 1.37. The Hall–Kier alpha value is -2.83. The van der Waals surface area contributed by atoms with E-state index in [-0.39, 0.29) is 32.9 Å².